The van der Waals surface area contributed by atoms with Gasteiger partial charge in [0.2, 0.25) is 5.91 Å². The van der Waals surface area contributed by atoms with Crippen LogP contribution in [0.4, 0.5) is 13.2 Å². The van der Waals surface area contributed by atoms with Crippen LogP contribution in [-0.4, -0.2) is 42.4 Å². The minimum atomic E-state index is -2.78. The van der Waals surface area contributed by atoms with Gasteiger partial charge in [-0.25, -0.2) is 13.2 Å². The van der Waals surface area contributed by atoms with Gasteiger partial charge in [-0.05, 0) is 42.9 Å². The van der Waals surface area contributed by atoms with Crippen LogP contribution < -0.4 is 5.32 Å². The molecule has 2 aliphatic rings. The van der Waals surface area contributed by atoms with Crippen LogP contribution in [0.3, 0.4) is 0 Å². The number of rotatable bonds is 3. The van der Waals surface area contributed by atoms with E-state index >= 15 is 0 Å². The molecule has 24 heavy (non-hydrogen) atoms. The van der Waals surface area contributed by atoms with Crippen molar-refractivity contribution in [3.05, 3.63) is 35.6 Å². The van der Waals surface area contributed by atoms with Gasteiger partial charge in [-0.15, -0.1) is 12.4 Å². The summed E-state index contributed by atoms with van der Waals surface area (Å²) in [7, 11) is 0. The van der Waals surface area contributed by atoms with Gasteiger partial charge in [0, 0.05) is 19.5 Å². The first-order chi connectivity index (χ1) is 10.9. The van der Waals surface area contributed by atoms with E-state index in [0.717, 1.165) is 24.8 Å². The van der Waals surface area contributed by atoms with E-state index in [-0.39, 0.29) is 24.1 Å². The molecule has 2 heterocycles. The average Bonchev–Trinajstić information content (AvgIpc) is 2.90. The molecule has 134 valence electrons. The van der Waals surface area contributed by atoms with Crippen molar-refractivity contribution >= 4 is 18.3 Å². The van der Waals surface area contributed by atoms with Crippen LogP contribution in [0.15, 0.2) is 24.3 Å². The van der Waals surface area contributed by atoms with Crippen LogP contribution in [0.25, 0.3) is 0 Å². The van der Waals surface area contributed by atoms with Crippen molar-refractivity contribution in [2.75, 3.05) is 19.6 Å². The highest BCUT2D eigenvalue weighted by atomic mass is 35.5. The van der Waals surface area contributed by atoms with Gasteiger partial charge in [0.1, 0.15) is 5.82 Å². The summed E-state index contributed by atoms with van der Waals surface area (Å²) in [5, 5.41) is 2.62. The predicted octanol–water partition coefficient (Wildman–Crippen LogP) is 3.03. The van der Waals surface area contributed by atoms with E-state index in [4.69, 9.17) is 0 Å². The molecule has 3 rings (SSSR count). The number of benzene rings is 1. The van der Waals surface area contributed by atoms with E-state index in [9.17, 15) is 18.0 Å². The number of nitrogens with zero attached hydrogens (tertiary/aromatic N) is 1. The molecule has 0 spiro atoms. The fourth-order valence-corrected chi connectivity index (χ4v) is 3.42. The van der Waals surface area contributed by atoms with Crippen molar-refractivity contribution in [2.45, 2.75) is 37.6 Å². The van der Waals surface area contributed by atoms with Gasteiger partial charge in [-0.2, -0.15) is 0 Å². The standard InChI is InChI=1S/C17H21F3N2O.ClH/c18-14-3-1-12(2-4-14)9-13-5-7-22(8-6-13)16(23)15-10-17(19,20)11-21-15;/h1-4,13,15,21H,5-11H2;1H. The lowest BCUT2D eigenvalue weighted by molar-refractivity contribution is -0.135. The monoisotopic (exact) mass is 362 g/mol. The Morgan fingerprint density at radius 1 is 1.21 bits per heavy atom. The molecule has 1 atom stereocenters. The summed E-state index contributed by atoms with van der Waals surface area (Å²) in [5.74, 6) is -2.78. The second kappa shape index (κ2) is 7.74. The second-order valence-corrected chi connectivity index (χ2v) is 6.59. The Morgan fingerprint density at radius 3 is 2.38 bits per heavy atom. The lowest BCUT2D eigenvalue weighted by Gasteiger charge is -2.33. The highest BCUT2D eigenvalue weighted by Gasteiger charge is 2.43. The lowest BCUT2D eigenvalue weighted by atomic mass is 9.90. The molecule has 7 heteroatoms. The molecule has 2 saturated heterocycles. The summed E-state index contributed by atoms with van der Waals surface area (Å²) >= 11 is 0. The van der Waals surface area contributed by atoms with E-state index in [2.05, 4.69) is 5.32 Å². The molecule has 0 saturated carbocycles. The Hall–Kier alpha value is -1.27. The van der Waals surface area contributed by atoms with Gasteiger partial charge >= 0.3 is 0 Å². The van der Waals surface area contributed by atoms with Crippen LogP contribution in [0.2, 0.25) is 0 Å². The molecular formula is C17H22ClF3N2O. The zero-order chi connectivity index (χ0) is 16.4. The van der Waals surface area contributed by atoms with Crippen LogP contribution in [0.5, 0.6) is 0 Å². The molecule has 1 amide bonds. The van der Waals surface area contributed by atoms with E-state index in [1.807, 2.05) is 0 Å². The first-order valence-electron chi connectivity index (χ1n) is 8.07. The maximum absolute atomic E-state index is 13.2. The van der Waals surface area contributed by atoms with E-state index < -0.39 is 24.9 Å². The summed E-state index contributed by atoms with van der Waals surface area (Å²) in [4.78, 5) is 14.0. The van der Waals surface area contributed by atoms with Gasteiger partial charge in [-0.3, -0.25) is 10.1 Å². The third-order valence-electron chi connectivity index (χ3n) is 4.77. The number of hydrogen-bond donors (Lipinski definition) is 1. The van der Waals surface area contributed by atoms with Crippen molar-refractivity contribution < 1.29 is 18.0 Å². The van der Waals surface area contributed by atoms with Gasteiger partial charge < -0.3 is 4.90 Å². The van der Waals surface area contributed by atoms with Crippen molar-refractivity contribution in [3.8, 4) is 0 Å². The molecule has 0 bridgehead atoms. The molecule has 2 fully saturated rings. The van der Waals surface area contributed by atoms with E-state index in [1.165, 1.54) is 12.1 Å². The maximum atomic E-state index is 13.2. The molecule has 0 aliphatic carbocycles. The van der Waals surface area contributed by atoms with Crippen molar-refractivity contribution in [1.29, 1.82) is 0 Å². The van der Waals surface area contributed by atoms with Crippen molar-refractivity contribution in [2.24, 2.45) is 5.92 Å². The maximum Gasteiger partial charge on any atom is 0.262 e. The number of alkyl halides is 2. The average molecular weight is 363 g/mol. The smallest absolute Gasteiger partial charge is 0.262 e. The Kier molecular flexibility index (Phi) is 6.15. The molecule has 1 N–H and O–H groups in total. The third-order valence-corrected chi connectivity index (χ3v) is 4.77. The molecule has 1 aromatic rings. The summed E-state index contributed by atoms with van der Waals surface area (Å²) in [6, 6.07) is 5.74. The van der Waals surface area contributed by atoms with Gasteiger partial charge in [0.15, 0.2) is 0 Å². The lowest BCUT2D eigenvalue weighted by Crippen LogP contribution is -2.47. The van der Waals surface area contributed by atoms with Gasteiger partial charge in [-0.1, -0.05) is 12.1 Å². The minimum Gasteiger partial charge on any atom is -0.341 e. The molecular weight excluding hydrogens is 341 g/mol. The summed E-state index contributed by atoms with van der Waals surface area (Å²) in [6.45, 7) is 0.799. The topological polar surface area (TPSA) is 32.3 Å². The summed E-state index contributed by atoms with van der Waals surface area (Å²) in [6.07, 6.45) is 2.17. The van der Waals surface area contributed by atoms with E-state index in [1.54, 1.807) is 17.0 Å². The van der Waals surface area contributed by atoms with Crippen molar-refractivity contribution in [3.63, 3.8) is 0 Å². The zero-order valence-electron chi connectivity index (χ0n) is 13.3. The Labute approximate surface area is 146 Å². The number of nitrogens with one attached hydrogen (secondary N) is 1. The van der Waals surface area contributed by atoms with Crippen LogP contribution in [0, 0.1) is 11.7 Å². The number of carbonyl (C=O) groups excluding carboxylic acids is 1. The van der Waals surface area contributed by atoms with Crippen LogP contribution in [0.1, 0.15) is 24.8 Å². The first kappa shape index (κ1) is 19.1. The molecule has 0 radical (unpaired) electrons. The highest BCUT2D eigenvalue weighted by Crippen LogP contribution is 2.28. The Bertz CT molecular complexity index is 559. The number of hydrogen-bond acceptors (Lipinski definition) is 2. The van der Waals surface area contributed by atoms with Gasteiger partial charge in [0.05, 0.1) is 12.6 Å². The summed E-state index contributed by atoms with van der Waals surface area (Å²) in [5.41, 5.74) is 1.09. The quantitative estimate of drug-likeness (QED) is 0.896. The van der Waals surface area contributed by atoms with Gasteiger partial charge in [0.25, 0.3) is 5.92 Å². The Morgan fingerprint density at radius 2 is 1.83 bits per heavy atom. The number of halogens is 4. The number of amides is 1. The zero-order valence-corrected chi connectivity index (χ0v) is 14.1. The fourth-order valence-electron chi connectivity index (χ4n) is 3.42. The molecule has 1 aromatic carbocycles. The highest BCUT2D eigenvalue weighted by molar-refractivity contribution is 5.85. The third kappa shape index (κ3) is 4.63. The number of likely N-dealkylation sites (tertiary alicyclic amines) is 1. The molecule has 1 unspecified atom stereocenters. The van der Waals surface area contributed by atoms with Crippen LogP contribution in [-0.2, 0) is 11.2 Å². The normalized spacial score (nSPS) is 23.8. The molecule has 2 aliphatic heterocycles. The van der Waals surface area contributed by atoms with Crippen molar-refractivity contribution in [1.82, 2.24) is 10.2 Å². The minimum absolute atomic E-state index is 0. The molecule has 3 nitrogen and oxygen atoms in total. The fraction of sp³-hybridized carbons (Fsp3) is 0.588. The number of piperidine rings is 1. The summed E-state index contributed by atoms with van der Waals surface area (Å²) < 4.78 is 39.3. The first-order valence-corrected chi connectivity index (χ1v) is 8.07. The number of carbonyl (C=O) groups is 1. The van der Waals surface area contributed by atoms with Crippen LogP contribution >= 0.6 is 12.4 Å². The SMILES string of the molecule is Cl.O=C(C1CC(F)(F)CN1)N1CCC(Cc2ccc(F)cc2)CC1. The van der Waals surface area contributed by atoms with E-state index in [0.29, 0.717) is 19.0 Å². The predicted molar refractivity (Wildman–Crippen MR) is 88.0 cm³/mol. The largest absolute Gasteiger partial charge is 0.341 e. The second-order valence-electron chi connectivity index (χ2n) is 6.59. The molecule has 0 aromatic heterocycles. The Balaban J connectivity index is 0.00000208.